The maximum Gasteiger partial charge on any atom is 0.262 e. The summed E-state index contributed by atoms with van der Waals surface area (Å²) in [5, 5.41) is 5.21. The van der Waals surface area contributed by atoms with Gasteiger partial charge < -0.3 is 5.32 Å². The van der Waals surface area contributed by atoms with E-state index in [0.717, 1.165) is 46.5 Å². The molecule has 0 spiro atoms. The number of nitrogens with one attached hydrogen (secondary N) is 1. The zero-order valence-electron chi connectivity index (χ0n) is 15.7. The number of aryl methyl sites for hydroxylation is 3. The molecule has 0 aliphatic heterocycles. The van der Waals surface area contributed by atoms with Crippen molar-refractivity contribution >= 4 is 33.2 Å². The van der Waals surface area contributed by atoms with E-state index in [-0.39, 0.29) is 5.56 Å². The van der Waals surface area contributed by atoms with Crippen LogP contribution in [0.1, 0.15) is 36.3 Å². The molecule has 0 saturated heterocycles. The number of rotatable bonds is 5. The van der Waals surface area contributed by atoms with E-state index in [1.54, 1.807) is 22.2 Å². The average Bonchev–Trinajstić information content (AvgIpc) is 3.00. The lowest BCUT2D eigenvalue weighted by Crippen LogP contribution is -2.38. The third-order valence-electron chi connectivity index (χ3n) is 5.18. The summed E-state index contributed by atoms with van der Waals surface area (Å²) in [6.07, 6.45) is 5.43. The summed E-state index contributed by atoms with van der Waals surface area (Å²) < 4.78 is 1.73. The minimum atomic E-state index is 0.0832. The largest absolute Gasteiger partial charge is 0.311 e. The third-order valence-corrected chi connectivity index (χ3v) is 6.72. The number of benzene rings is 1. The van der Waals surface area contributed by atoms with Crippen LogP contribution in [0.15, 0.2) is 35.4 Å². The Balaban J connectivity index is 1.61. The van der Waals surface area contributed by atoms with Gasteiger partial charge in [0.25, 0.3) is 5.56 Å². The minimum absolute atomic E-state index is 0.0832. The van der Waals surface area contributed by atoms with Crippen LogP contribution in [0.25, 0.3) is 10.2 Å². The molecule has 1 N–H and O–H groups in total. The molecule has 4 rings (SSSR count). The number of halogens is 1. The molecule has 2 heterocycles. The van der Waals surface area contributed by atoms with Gasteiger partial charge in [0.05, 0.1) is 11.7 Å². The van der Waals surface area contributed by atoms with Crippen LogP contribution in [0.3, 0.4) is 0 Å². The van der Waals surface area contributed by atoms with Gasteiger partial charge in [-0.3, -0.25) is 9.36 Å². The highest BCUT2D eigenvalue weighted by Gasteiger charge is 2.25. The Morgan fingerprint density at radius 2 is 2.19 bits per heavy atom. The Bertz CT molecular complexity index is 1020. The number of hydrogen-bond acceptors (Lipinski definition) is 4. The Morgan fingerprint density at radius 3 is 2.96 bits per heavy atom. The fraction of sp³-hybridized carbons (Fsp3) is 0.429. The SMILES string of the molecule is CC(C)NC1CCc2c(sc3ncn(CCc4ccccc4Cl)c(=O)c23)C1. The van der Waals surface area contributed by atoms with Gasteiger partial charge in [0.1, 0.15) is 4.83 Å². The predicted octanol–water partition coefficient (Wildman–Crippen LogP) is 4.21. The Labute approximate surface area is 168 Å². The van der Waals surface area contributed by atoms with E-state index in [1.807, 2.05) is 24.3 Å². The highest BCUT2D eigenvalue weighted by molar-refractivity contribution is 7.18. The second kappa shape index (κ2) is 7.74. The predicted molar refractivity (Wildman–Crippen MR) is 113 cm³/mol. The maximum absolute atomic E-state index is 13.1. The summed E-state index contributed by atoms with van der Waals surface area (Å²) >= 11 is 7.93. The molecule has 142 valence electrons. The Kier molecular flexibility index (Phi) is 5.35. The van der Waals surface area contributed by atoms with Gasteiger partial charge in [-0.25, -0.2) is 4.98 Å². The first-order valence-corrected chi connectivity index (χ1v) is 10.7. The van der Waals surface area contributed by atoms with E-state index < -0.39 is 0 Å². The summed E-state index contributed by atoms with van der Waals surface area (Å²) in [5.74, 6) is 0. The van der Waals surface area contributed by atoms with Crippen LogP contribution in [0.5, 0.6) is 0 Å². The van der Waals surface area contributed by atoms with Gasteiger partial charge >= 0.3 is 0 Å². The van der Waals surface area contributed by atoms with Crippen molar-refractivity contribution in [3.63, 3.8) is 0 Å². The van der Waals surface area contributed by atoms with E-state index in [2.05, 4.69) is 24.1 Å². The van der Waals surface area contributed by atoms with E-state index in [1.165, 1.54) is 10.4 Å². The van der Waals surface area contributed by atoms with Crippen molar-refractivity contribution in [2.24, 2.45) is 0 Å². The van der Waals surface area contributed by atoms with Crippen molar-refractivity contribution in [1.29, 1.82) is 0 Å². The molecule has 1 aliphatic rings. The van der Waals surface area contributed by atoms with E-state index >= 15 is 0 Å². The summed E-state index contributed by atoms with van der Waals surface area (Å²) in [4.78, 5) is 19.9. The lowest BCUT2D eigenvalue weighted by atomic mass is 9.92. The monoisotopic (exact) mass is 401 g/mol. The quantitative estimate of drug-likeness (QED) is 0.696. The lowest BCUT2D eigenvalue weighted by Gasteiger charge is -2.25. The van der Waals surface area contributed by atoms with Gasteiger partial charge in [0.2, 0.25) is 0 Å². The smallest absolute Gasteiger partial charge is 0.262 e. The van der Waals surface area contributed by atoms with Gasteiger partial charge in [-0.1, -0.05) is 43.6 Å². The average molecular weight is 402 g/mol. The van der Waals surface area contributed by atoms with Crippen molar-refractivity contribution in [3.05, 3.63) is 62.0 Å². The van der Waals surface area contributed by atoms with Crippen LogP contribution < -0.4 is 10.9 Å². The molecule has 4 nitrogen and oxygen atoms in total. The van der Waals surface area contributed by atoms with Gasteiger partial charge in [-0.05, 0) is 42.9 Å². The van der Waals surface area contributed by atoms with E-state index in [0.29, 0.717) is 18.6 Å². The molecule has 1 aliphatic carbocycles. The van der Waals surface area contributed by atoms with E-state index in [9.17, 15) is 4.79 Å². The number of fused-ring (bicyclic) bond motifs is 3. The maximum atomic E-state index is 13.1. The Hall–Kier alpha value is -1.69. The molecule has 0 bridgehead atoms. The normalized spacial score (nSPS) is 16.8. The molecular formula is C21H24ClN3OS. The second-order valence-electron chi connectivity index (χ2n) is 7.53. The molecule has 3 aromatic rings. The molecule has 1 unspecified atom stereocenters. The van der Waals surface area contributed by atoms with Crippen molar-refractivity contribution < 1.29 is 0 Å². The van der Waals surface area contributed by atoms with Crippen molar-refractivity contribution in [3.8, 4) is 0 Å². The second-order valence-corrected chi connectivity index (χ2v) is 9.02. The summed E-state index contributed by atoms with van der Waals surface area (Å²) in [5.41, 5.74) is 2.36. The van der Waals surface area contributed by atoms with Crippen molar-refractivity contribution in [2.75, 3.05) is 0 Å². The number of nitrogens with zero attached hydrogens (tertiary/aromatic N) is 2. The number of hydrogen-bond donors (Lipinski definition) is 1. The zero-order valence-corrected chi connectivity index (χ0v) is 17.2. The standard InChI is InChI=1S/C21H24ClN3OS/c1-13(2)24-15-7-8-16-18(11-15)27-20-19(16)21(26)25(12-23-20)10-9-14-5-3-4-6-17(14)22/h3-6,12-13,15,24H,7-11H2,1-2H3. The molecule has 6 heteroatoms. The van der Waals surface area contributed by atoms with Crippen LogP contribution in [0.4, 0.5) is 0 Å². The highest BCUT2D eigenvalue weighted by Crippen LogP contribution is 2.33. The first-order chi connectivity index (χ1) is 13.0. The summed E-state index contributed by atoms with van der Waals surface area (Å²) in [7, 11) is 0. The third kappa shape index (κ3) is 3.82. The number of aromatic nitrogens is 2. The lowest BCUT2D eigenvalue weighted by molar-refractivity contribution is 0.425. The molecule has 1 atom stereocenters. The van der Waals surface area contributed by atoms with Crippen molar-refractivity contribution in [2.45, 2.75) is 58.2 Å². The molecule has 0 amide bonds. The molecule has 0 fully saturated rings. The van der Waals surface area contributed by atoms with Crippen LogP contribution >= 0.6 is 22.9 Å². The molecule has 2 aromatic heterocycles. The molecule has 27 heavy (non-hydrogen) atoms. The van der Waals surface area contributed by atoms with Crippen LogP contribution in [0, 0.1) is 0 Å². The van der Waals surface area contributed by atoms with E-state index in [4.69, 9.17) is 11.6 Å². The van der Waals surface area contributed by atoms with Crippen LogP contribution in [-0.4, -0.2) is 21.6 Å². The number of thiophene rings is 1. The zero-order chi connectivity index (χ0) is 19.0. The van der Waals surface area contributed by atoms with Crippen molar-refractivity contribution in [1.82, 2.24) is 14.9 Å². The topological polar surface area (TPSA) is 46.9 Å². The highest BCUT2D eigenvalue weighted by atomic mass is 35.5. The molecule has 0 radical (unpaired) electrons. The first-order valence-electron chi connectivity index (χ1n) is 9.52. The molecular weight excluding hydrogens is 378 g/mol. The van der Waals surface area contributed by atoms with Gasteiger partial charge in [-0.15, -0.1) is 11.3 Å². The van der Waals surface area contributed by atoms with Crippen LogP contribution in [0.2, 0.25) is 5.02 Å². The molecule has 1 aromatic carbocycles. The fourth-order valence-electron chi connectivity index (χ4n) is 3.92. The summed E-state index contributed by atoms with van der Waals surface area (Å²) in [6, 6.07) is 8.76. The Morgan fingerprint density at radius 1 is 1.37 bits per heavy atom. The van der Waals surface area contributed by atoms with Crippen LogP contribution in [-0.2, 0) is 25.8 Å². The van der Waals surface area contributed by atoms with Gasteiger partial charge in [-0.2, -0.15) is 0 Å². The summed E-state index contributed by atoms with van der Waals surface area (Å²) in [6.45, 7) is 4.95. The molecule has 0 saturated carbocycles. The first kappa shape index (κ1) is 18.7. The van der Waals surface area contributed by atoms with Gasteiger partial charge in [0.15, 0.2) is 0 Å². The minimum Gasteiger partial charge on any atom is -0.311 e. The van der Waals surface area contributed by atoms with Gasteiger partial charge in [0, 0.05) is 28.5 Å². The fourth-order valence-corrected chi connectivity index (χ4v) is 5.40.